The summed E-state index contributed by atoms with van der Waals surface area (Å²) >= 11 is 0. The van der Waals surface area contributed by atoms with Crippen molar-refractivity contribution in [1.82, 2.24) is 0 Å². The van der Waals surface area contributed by atoms with Crippen LogP contribution < -0.4 is 4.90 Å². The van der Waals surface area contributed by atoms with Crippen LogP contribution >= 0.6 is 0 Å². The zero-order valence-corrected chi connectivity index (χ0v) is 12.8. The van der Waals surface area contributed by atoms with Gasteiger partial charge in [0, 0.05) is 12.6 Å². The highest BCUT2D eigenvalue weighted by Gasteiger charge is 2.15. The lowest BCUT2D eigenvalue weighted by molar-refractivity contribution is -0.113. The predicted molar refractivity (Wildman–Crippen MR) is 89.6 cm³/mol. The maximum Gasteiger partial charge on any atom is 0.250 e. The molecule has 0 aliphatic rings. The fourth-order valence-corrected chi connectivity index (χ4v) is 2.35. The summed E-state index contributed by atoms with van der Waals surface area (Å²) < 4.78 is 0. The van der Waals surface area contributed by atoms with E-state index in [9.17, 15) is 10.1 Å². The summed E-state index contributed by atoms with van der Waals surface area (Å²) in [7, 11) is 1.64. The number of hydrogen-bond acceptors (Lipinski definition) is 2. The molecule has 3 nitrogen and oxygen atoms in total. The predicted octanol–water partition coefficient (Wildman–Crippen LogP) is 3.94. The summed E-state index contributed by atoms with van der Waals surface area (Å²) in [6, 6.07) is 15.9. The van der Waals surface area contributed by atoms with Crippen molar-refractivity contribution in [3.05, 3.63) is 66.2 Å². The molecule has 0 saturated carbocycles. The molecule has 0 aromatic heterocycles. The van der Waals surface area contributed by atoms with E-state index < -0.39 is 0 Å². The summed E-state index contributed by atoms with van der Waals surface area (Å²) in [5.41, 5.74) is 4.12. The summed E-state index contributed by atoms with van der Waals surface area (Å²) in [6.45, 7) is 5.59. The van der Waals surface area contributed by atoms with Crippen LogP contribution in [0.25, 0.3) is 11.1 Å². The molecule has 2 rings (SSSR count). The molecule has 0 heterocycles. The lowest BCUT2D eigenvalue weighted by atomic mass is 9.97. The van der Waals surface area contributed by atoms with Crippen LogP contribution in [-0.4, -0.2) is 13.0 Å². The average molecular weight is 290 g/mol. The number of amides is 1. The van der Waals surface area contributed by atoms with Crippen LogP contribution in [0.1, 0.15) is 18.1 Å². The van der Waals surface area contributed by atoms with Crippen molar-refractivity contribution in [3.8, 4) is 17.2 Å². The van der Waals surface area contributed by atoms with Crippen LogP contribution in [0.2, 0.25) is 0 Å². The van der Waals surface area contributed by atoms with E-state index in [0.29, 0.717) is 11.3 Å². The minimum absolute atomic E-state index is 0.241. The maximum atomic E-state index is 11.8. The first kappa shape index (κ1) is 15.5. The zero-order valence-electron chi connectivity index (χ0n) is 12.8. The second-order valence-corrected chi connectivity index (χ2v) is 4.96. The molecule has 0 saturated heterocycles. The monoisotopic (exact) mass is 290 g/mol. The molecular formula is C19H18N2O. The van der Waals surface area contributed by atoms with E-state index in [4.69, 9.17) is 0 Å². The fourth-order valence-electron chi connectivity index (χ4n) is 2.35. The Morgan fingerprint density at radius 1 is 1.27 bits per heavy atom. The van der Waals surface area contributed by atoms with Gasteiger partial charge in [0.2, 0.25) is 5.91 Å². The third-order valence-corrected chi connectivity index (χ3v) is 3.69. The summed E-state index contributed by atoms with van der Waals surface area (Å²) in [4.78, 5) is 13.3. The van der Waals surface area contributed by atoms with Crippen molar-refractivity contribution in [3.63, 3.8) is 0 Å². The van der Waals surface area contributed by atoms with Gasteiger partial charge in [-0.25, -0.2) is 0 Å². The normalized spacial score (nSPS) is 9.86. The Kier molecular flexibility index (Phi) is 4.75. The largest absolute Gasteiger partial charge is 0.311 e. The molecule has 110 valence electrons. The van der Waals surface area contributed by atoms with Crippen LogP contribution in [0.3, 0.4) is 0 Å². The van der Waals surface area contributed by atoms with Crippen LogP contribution in [0.4, 0.5) is 5.69 Å². The van der Waals surface area contributed by atoms with E-state index in [2.05, 4.69) is 31.7 Å². The van der Waals surface area contributed by atoms with E-state index in [1.807, 2.05) is 24.3 Å². The van der Waals surface area contributed by atoms with Gasteiger partial charge in [0.1, 0.15) is 6.07 Å². The van der Waals surface area contributed by atoms with Gasteiger partial charge < -0.3 is 4.90 Å². The Labute approximate surface area is 131 Å². The Morgan fingerprint density at radius 2 is 1.95 bits per heavy atom. The molecule has 0 fully saturated rings. The molecule has 0 spiro atoms. The molecule has 0 unspecified atom stereocenters. The van der Waals surface area contributed by atoms with Crippen LogP contribution in [-0.2, 0) is 11.2 Å². The van der Waals surface area contributed by atoms with Crippen molar-refractivity contribution in [2.75, 3.05) is 11.9 Å². The number of aryl methyl sites for hydroxylation is 1. The minimum atomic E-state index is -0.241. The number of carbonyl (C=O) groups excluding carboxylic acids is 1. The number of hydrogen-bond donors (Lipinski definition) is 0. The van der Waals surface area contributed by atoms with Gasteiger partial charge >= 0.3 is 0 Å². The maximum absolute atomic E-state index is 11.8. The lowest BCUT2D eigenvalue weighted by Gasteiger charge is -2.18. The molecular weight excluding hydrogens is 272 g/mol. The minimum Gasteiger partial charge on any atom is -0.311 e. The number of nitrogens with zero attached hydrogens (tertiary/aromatic N) is 2. The van der Waals surface area contributed by atoms with E-state index >= 15 is 0 Å². The van der Waals surface area contributed by atoms with Crippen LogP contribution in [0.5, 0.6) is 0 Å². The van der Waals surface area contributed by atoms with E-state index in [0.717, 1.165) is 17.5 Å². The first-order chi connectivity index (χ1) is 10.6. The molecule has 1 amide bonds. The number of benzene rings is 2. The van der Waals surface area contributed by atoms with Crippen molar-refractivity contribution >= 4 is 11.6 Å². The molecule has 0 aliphatic carbocycles. The molecule has 22 heavy (non-hydrogen) atoms. The molecule has 3 heteroatoms. The standard InChI is InChI=1S/C19H18N2O/c1-4-14-9-11-15(12-10-14)16-7-6-8-18(17(16)13-20)21(3)19(22)5-2/h5-12H,2,4H2,1,3H3. The highest BCUT2D eigenvalue weighted by Crippen LogP contribution is 2.30. The zero-order chi connectivity index (χ0) is 16.1. The molecule has 2 aromatic carbocycles. The van der Waals surface area contributed by atoms with Gasteiger partial charge in [-0.3, -0.25) is 4.79 Å². The smallest absolute Gasteiger partial charge is 0.250 e. The van der Waals surface area contributed by atoms with E-state index in [1.54, 1.807) is 13.1 Å². The molecule has 0 bridgehead atoms. The fraction of sp³-hybridized carbons (Fsp3) is 0.158. The van der Waals surface area contributed by atoms with Crippen LogP contribution in [0.15, 0.2) is 55.1 Å². The third kappa shape index (κ3) is 2.91. The Bertz CT molecular complexity index is 739. The Morgan fingerprint density at radius 3 is 2.50 bits per heavy atom. The van der Waals surface area contributed by atoms with Crippen molar-refractivity contribution < 1.29 is 4.79 Å². The SMILES string of the molecule is C=CC(=O)N(C)c1cccc(-c2ccc(CC)cc2)c1C#N. The number of nitriles is 1. The molecule has 0 radical (unpaired) electrons. The van der Waals surface area contributed by atoms with Crippen molar-refractivity contribution in [2.45, 2.75) is 13.3 Å². The van der Waals surface area contributed by atoms with Gasteiger partial charge in [-0.2, -0.15) is 5.26 Å². The van der Waals surface area contributed by atoms with Gasteiger partial charge in [-0.1, -0.05) is 49.9 Å². The number of likely N-dealkylation sites (N-methyl/N-ethyl adjacent to an activating group) is 1. The topological polar surface area (TPSA) is 44.1 Å². The Balaban J connectivity index is 2.55. The van der Waals surface area contributed by atoms with Crippen molar-refractivity contribution in [2.24, 2.45) is 0 Å². The summed E-state index contributed by atoms with van der Waals surface area (Å²) in [5.74, 6) is -0.241. The van der Waals surface area contributed by atoms with Gasteiger partial charge in [0.25, 0.3) is 0 Å². The number of carbonyl (C=O) groups is 1. The highest BCUT2D eigenvalue weighted by atomic mass is 16.2. The quantitative estimate of drug-likeness (QED) is 0.801. The average Bonchev–Trinajstić information content (AvgIpc) is 2.59. The number of rotatable bonds is 4. The second-order valence-electron chi connectivity index (χ2n) is 4.96. The van der Waals surface area contributed by atoms with E-state index in [-0.39, 0.29) is 5.91 Å². The first-order valence-electron chi connectivity index (χ1n) is 7.15. The summed E-state index contributed by atoms with van der Waals surface area (Å²) in [6.07, 6.45) is 2.21. The molecule has 0 atom stereocenters. The summed E-state index contributed by atoms with van der Waals surface area (Å²) in [5, 5.41) is 9.55. The highest BCUT2D eigenvalue weighted by molar-refractivity contribution is 6.02. The van der Waals surface area contributed by atoms with Gasteiger partial charge in [-0.15, -0.1) is 0 Å². The third-order valence-electron chi connectivity index (χ3n) is 3.69. The lowest BCUT2D eigenvalue weighted by Crippen LogP contribution is -2.24. The van der Waals surface area contributed by atoms with Gasteiger partial charge in [0.15, 0.2) is 0 Å². The van der Waals surface area contributed by atoms with E-state index in [1.165, 1.54) is 16.5 Å². The molecule has 0 N–H and O–H groups in total. The first-order valence-corrected chi connectivity index (χ1v) is 7.15. The molecule has 2 aromatic rings. The second kappa shape index (κ2) is 6.73. The van der Waals surface area contributed by atoms with Gasteiger partial charge in [0.05, 0.1) is 11.3 Å². The number of anilines is 1. The van der Waals surface area contributed by atoms with Crippen molar-refractivity contribution in [1.29, 1.82) is 5.26 Å². The molecule has 0 aliphatic heterocycles. The van der Waals surface area contributed by atoms with Crippen LogP contribution in [0, 0.1) is 11.3 Å². The van der Waals surface area contributed by atoms with Gasteiger partial charge in [-0.05, 0) is 29.7 Å². The Hall–Kier alpha value is -2.86.